The highest BCUT2D eigenvalue weighted by molar-refractivity contribution is 7.13. The van der Waals surface area contributed by atoms with E-state index in [1.54, 1.807) is 7.11 Å². The summed E-state index contributed by atoms with van der Waals surface area (Å²) in [6.07, 6.45) is 1.53. The molecule has 17 heavy (non-hydrogen) atoms. The number of hydrogen-bond donors (Lipinski definition) is 1. The first-order chi connectivity index (χ1) is 8.24. The Labute approximate surface area is 104 Å². The molecule has 2 heterocycles. The quantitative estimate of drug-likeness (QED) is 0.883. The van der Waals surface area contributed by atoms with Gasteiger partial charge in [-0.3, -0.25) is 0 Å². The van der Waals surface area contributed by atoms with Gasteiger partial charge in [-0.1, -0.05) is 12.1 Å². The fourth-order valence-electron chi connectivity index (χ4n) is 1.42. The summed E-state index contributed by atoms with van der Waals surface area (Å²) in [6.45, 7) is 2.04. The molecule has 0 bridgehead atoms. The van der Waals surface area contributed by atoms with Crippen molar-refractivity contribution < 1.29 is 9.26 Å². The van der Waals surface area contributed by atoms with Crippen molar-refractivity contribution in [3.8, 4) is 16.5 Å². The summed E-state index contributed by atoms with van der Waals surface area (Å²) in [5.41, 5.74) is 5.85. The third kappa shape index (κ3) is 2.65. The Hall–Kier alpha value is -1.40. The van der Waals surface area contributed by atoms with E-state index in [0.29, 0.717) is 18.1 Å². The molecule has 2 rings (SSSR count). The van der Waals surface area contributed by atoms with Gasteiger partial charge >= 0.3 is 0 Å². The first-order valence-corrected chi connectivity index (χ1v) is 6.32. The summed E-state index contributed by atoms with van der Waals surface area (Å²) < 4.78 is 10.4. The molecule has 1 atom stereocenters. The predicted molar refractivity (Wildman–Crippen MR) is 66.1 cm³/mol. The number of methoxy groups -OCH3 is 1. The molecule has 2 N–H and O–H groups in total. The molecule has 0 spiro atoms. The lowest BCUT2D eigenvalue weighted by Gasteiger charge is -2.02. The van der Waals surface area contributed by atoms with E-state index in [1.165, 1.54) is 11.3 Å². The zero-order valence-electron chi connectivity index (χ0n) is 9.84. The molecule has 0 aliphatic carbocycles. The van der Waals surface area contributed by atoms with E-state index in [2.05, 4.69) is 10.1 Å². The van der Waals surface area contributed by atoms with Gasteiger partial charge in [-0.05, 0) is 17.9 Å². The second-order valence-corrected chi connectivity index (χ2v) is 4.62. The second kappa shape index (κ2) is 5.29. The van der Waals surface area contributed by atoms with Crippen LogP contribution in [0.25, 0.3) is 10.8 Å². The standard InChI is InChI=1S/C11H15N3O2S/c1-3-7(12)6-9-13-11(16-14-9)10-8(15-2)4-5-17-10/h4-5,7H,3,6,12H2,1-2H3. The fourth-order valence-corrected chi connectivity index (χ4v) is 2.20. The monoisotopic (exact) mass is 253 g/mol. The molecule has 0 amide bonds. The van der Waals surface area contributed by atoms with Crippen LogP contribution in [0.3, 0.4) is 0 Å². The van der Waals surface area contributed by atoms with Crippen LogP contribution in [0.5, 0.6) is 5.75 Å². The lowest BCUT2D eigenvalue weighted by molar-refractivity contribution is 0.404. The van der Waals surface area contributed by atoms with Gasteiger partial charge in [0.1, 0.15) is 10.6 Å². The maximum absolute atomic E-state index is 5.85. The van der Waals surface area contributed by atoms with Gasteiger partial charge in [-0.15, -0.1) is 11.3 Å². The Morgan fingerprint density at radius 1 is 1.59 bits per heavy atom. The Balaban J connectivity index is 2.18. The highest BCUT2D eigenvalue weighted by Gasteiger charge is 2.16. The Morgan fingerprint density at radius 2 is 2.41 bits per heavy atom. The van der Waals surface area contributed by atoms with E-state index < -0.39 is 0 Å². The van der Waals surface area contributed by atoms with Crippen LogP contribution in [0, 0.1) is 0 Å². The third-order valence-electron chi connectivity index (χ3n) is 2.48. The number of rotatable bonds is 5. The van der Waals surface area contributed by atoms with Crippen molar-refractivity contribution in [2.45, 2.75) is 25.8 Å². The Bertz CT molecular complexity index is 481. The Morgan fingerprint density at radius 3 is 3.12 bits per heavy atom. The highest BCUT2D eigenvalue weighted by Crippen LogP contribution is 2.34. The van der Waals surface area contributed by atoms with Gasteiger partial charge in [0.25, 0.3) is 5.89 Å². The summed E-state index contributed by atoms with van der Waals surface area (Å²) in [7, 11) is 1.62. The average Bonchev–Trinajstić information content (AvgIpc) is 2.95. The lowest BCUT2D eigenvalue weighted by atomic mass is 10.2. The van der Waals surface area contributed by atoms with Gasteiger partial charge in [0.05, 0.1) is 7.11 Å². The SMILES string of the molecule is CCC(N)Cc1noc(-c2sccc2OC)n1. The summed E-state index contributed by atoms with van der Waals surface area (Å²) in [6, 6.07) is 1.95. The number of hydrogen-bond acceptors (Lipinski definition) is 6. The second-order valence-electron chi connectivity index (χ2n) is 3.71. The van der Waals surface area contributed by atoms with E-state index in [0.717, 1.165) is 17.0 Å². The molecule has 0 aromatic carbocycles. The number of ether oxygens (including phenoxy) is 1. The summed E-state index contributed by atoms with van der Waals surface area (Å²) in [5.74, 6) is 1.89. The fraction of sp³-hybridized carbons (Fsp3) is 0.455. The largest absolute Gasteiger partial charge is 0.495 e. The van der Waals surface area contributed by atoms with Gasteiger partial charge in [-0.25, -0.2) is 0 Å². The summed E-state index contributed by atoms with van der Waals surface area (Å²) in [5, 5.41) is 5.85. The first kappa shape index (κ1) is 12.1. The van der Waals surface area contributed by atoms with Crippen LogP contribution in [0.1, 0.15) is 19.2 Å². The van der Waals surface area contributed by atoms with Crippen LogP contribution >= 0.6 is 11.3 Å². The van der Waals surface area contributed by atoms with Crippen molar-refractivity contribution in [3.05, 3.63) is 17.3 Å². The molecule has 0 fully saturated rings. The topological polar surface area (TPSA) is 74.2 Å². The van der Waals surface area contributed by atoms with Gasteiger partial charge in [0, 0.05) is 12.5 Å². The lowest BCUT2D eigenvalue weighted by Crippen LogP contribution is -2.21. The third-order valence-corrected chi connectivity index (χ3v) is 3.36. The normalized spacial score (nSPS) is 12.6. The molecule has 2 aromatic heterocycles. The van der Waals surface area contributed by atoms with Crippen LogP contribution in [0.2, 0.25) is 0 Å². The van der Waals surface area contributed by atoms with E-state index in [1.807, 2.05) is 18.4 Å². The minimum absolute atomic E-state index is 0.0747. The predicted octanol–water partition coefficient (Wildman–Crippen LogP) is 2.09. The van der Waals surface area contributed by atoms with Crippen molar-refractivity contribution in [2.75, 3.05) is 7.11 Å². The molecular formula is C11H15N3O2S. The summed E-state index contributed by atoms with van der Waals surface area (Å²) in [4.78, 5) is 5.18. The summed E-state index contributed by atoms with van der Waals surface area (Å²) >= 11 is 1.51. The molecule has 2 aromatic rings. The van der Waals surface area contributed by atoms with Gasteiger partial charge in [0.2, 0.25) is 0 Å². The number of aromatic nitrogens is 2. The van der Waals surface area contributed by atoms with Crippen molar-refractivity contribution in [1.82, 2.24) is 10.1 Å². The maximum atomic E-state index is 5.85. The first-order valence-electron chi connectivity index (χ1n) is 5.44. The molecule has 6 heteroatoms. The van der Waals surface area contributed by atoms with Crippen molar-refractivity contribution in [1.29, 1.82) is 0 Å². The van der Waals surface area contributed by atoms with Crippen LogP contribution < -0.4 is 10.5 Å². The highest BCUT2D eigenvalue weighted by atomic mass is 32.1. The van der Waals surface area contributed by atoms with Crippen LogP contribution in [0.15, 0.2) is 16.0 Å². The maximum Gasteiger partial charge on any atom is 0.271 e. The minimum atomic E-state index is 0.0747. The minimum Gasteiger partial charge on any atom is -0.495 e. The van der Waals surface area contributed by atoms with Gasteiger partial charge < -0.3 is 15.0 Å². The Kier molecular flexibility index (Phi) is 3.75. The van der Waals surface area contributed by atoms with Crippen LogP contribution in [-0.4, -0.2) is 23.3 Å². The number of nitrogens with zero attached hydrogens (tertiary/aromatic N) is 2. The number of nitrogens with two attached hydrogens (primary N) is 1. The van der Waals surface area contributed by atoms with E-state index in [9.17, 15) is 0 Å². The molecule has 0 aliphatic rings. The smallest absolute Gasteiger partial charge is 0.271 e. The average molecular weight is 253 g/mol. The molecule has 1 unspecified atom stereocenters. The number of thiophene rings is 1. The van der Waals surface area contributed by atoms with Crippen LogP contribution in [-0.2, 0) is 6.42 Å². The van der Waals surface area contributed by atoms with Crippen molar-refractivity contribution in [3.63, 3.8) is 0 Å². The van der Waals surface area contributed by atoms with E-state index in [4.69, 9.17) is 15.0 Å². The van der Waals surface area contributed by atoms with Gasteiger partial charge in [-0.2, -0.15) is 4.98 Å². The zero-order valence-corrected chi connectivity index (χ0v) is 10.7. The van der Waals surface area contributed by atoms with Crippen molar-refractivity contribution >= 4 is 11.3 Å². The van der Waals surface area contributed by atoms with Gasteiger partial charge in [0.15, 0.2) is 5.82 Å². The van der Waals surface area contributed by atoms with E-state index >= 15 is 0 Å². The molecule has 0 saturated carbocycles. The van der Waals surface area contributed by atoms with Crippen molar-refractivity contribution in [2.24, 2.45) is 5.73 Å². The van der Waals surface area contributed by atoms with Crippen LogP contribution in [0.4, 0.5) is 0 Å². The molecule has 0 aliphatic heterocycles. The van der Waals surface area contributed by atoms with E-state index in [-0.39, 0.29) is 6.04 Å². The molecule has 0 radical (unpaired) electrons. The zero-order chi connectivity index (χ0) is 12.3. The molecule has 0 saturated heterocycles. The molecular weight excluding hydrogens is 238 g/mol. The molecule has 5 nitrogen and oxygen atoms in total. The molecule has 92 valence electrons.